The van der Waals surface area contributed by atoms with Crippen molar-refractivity contribution in [2.75, 3.05) is 26.3 Å². The quantitative estimate of drug-likeness (QED) is 0.704. The van der Waals surface area contributed by atoms with E-state index >= 15 is 0 Å². The van der Waals surface area contributed by atoms with E-state index in [2.05, 4.69) is 5.32 Å². The van der Waals surface area contributed by atoms with Crippen molar-refractivity contribution >= 4 is 11.8 Å². The Kier molecular flexibility index (Phi) is 6.80. The maximum atomic E-state index is 12.2. The van der Waals surface area contributed by atoms with Crippen LogP contribution in [0.25, 0.3) is 0 Å². The van der Waals surface area contributed by atoms with Crippen LogP contribution in [0.3, 0.4) is 0 Å². The SMILES string of the molecule is CCCNC(=O)C1COCCN1C(=O)[C@H](N)CCC. The molecular formula is C13H25N3O3. The van der Waals surface area contributed by atoms with Gasteiger partial charge in [0.25, 0.3) is 0 Å². The van der Waals surface area contributed by atoms with Crippen LogP contribution in [0.15, 0.2) is 0 Å². The molecule has 0 aromatic heterocycles. The average molecular weight is 271 g/mol. The molecule has 0 aromatic rings. The second-order valence-electron chi connectivity index (χ2n) is 4.81. The third-order valence-corrected chi connectivity index (χ3v) is 3.18. The van der Waals surface area contributed by atoms with Crippen molar-refractivity contribution in [1.29, 1.82) is 0 Å². The highest BCUT2D eigenvalue weighted by molar-refractivity contribution is 5.90. The molecule has 3 N–H and O–H groups in total. The molecule has 1 rings (SSSR count). The van der Waals surface area contributed by atoms with Crippen LogP contribution >= 0.6 is 0 Å². The van der Waals surface area contributed by atoms with Gasteiger partial charge in [-0.2, -0.15) is 0 Å². The molecule has 0 radical (unpaired) electrons. The van der Waals surface area contributed by atoms with E-state index in [1.54, 1.807) is 4.90 Å². The Labute approximate surface area is 114 Å². The second-order valence-corrected chi connectivity index (χ2v) is 4.81. The van der Waals surface area contributed by atoms with Gasteiger partial charge in [-0.3, -0.25) is 9.59 Å². The summed E-state index contributed by atoms with van der Waals surface area (Å²) in [7, 11) is 0. The monoisotopic (exact) mass is 271 g/mol. The van der Waals surface area contributed by atoms with Gasteiger partial charge in [0.05, 0.1) is 19.3 Å². The number of nitrogens with one attached hydrogen (secondary N) is 1. The fourth-order valence-corrected chi connectivity index (χ4v) is 2.10. The van der Waals surface area contributed by atoms with E-state index in [1.165, 1.54) is 0 Å². The number of carbonyl (C=O) groups excluding carboxylic acids is 2. The topological polar surface area (TPSA) is 84.7 Å². The van der Waals surface area contributed by atoms with Gasteiger partial charge >= 0.3 is 0 Å². The molecule has 1 fully saturated rings. The third-order valence-electron chi connectivity index (χ3n) is 3.18. The Morgan fingerprint density at radius 3 is 2.79 bits per heavy atom. The average Bonchev–Trinajstić information content (AvgIpc) is 2.44. The van der Waals surface area contributed by atoms with E-state index in [1.807, 2.05) is 13.8 Å². The van der Waals surface area contributed by atoms with Crippen molar-refractivity contribution in [2.45, 2.75) is 45.2 Å². The van der Waals surface area contributed by atoms with Crippen LogP contribution in [-0.4, -0.2) is 55.1 Å². The van der Waals surface area contributed by atoms with E-state index in [-0.39, 0.29) is 18.4 Å². The molecular weight excluding hydrogens is 246 g/mol. The van der Waals surface area contributed by atoms with Crippen LogP contribution in [0.2, 0.25) is 0 Å². The van der Waals surface area contributed by atoms with Gasteiger partial charge in [0, 0.05) is 13.1 Å². The predicted octanol–water partition coefficient (Wildman–Crippen LogP) is -0.133. The van der Waals surface area contributed by atoms with Gasteiger partial charge in [0.1, 0.15) is 6.04 Å². The highest BCUT2D eigenvalue weighted by Crippen LogP contribution is 2.10. The fourth-order valence-electron chi connectivity index (χ4n) is 2.10. The van der Waals surface area contributed by atoms with Crippen LogP contribution in [0.1, 0.15) is 33.1 Å². The molecule has 6 heteroatoms. The third kappa shape index (κ3) is 4.47. The maximum Gasteiger partial charge on any atom is 0.245 e. The van der Waals surface area contributed by atoms with Gasteiger partial charge in [-0.15, -0.1) is 0 Å². The number of morpholine rings is 1. The van der Waals surface area contributed by atoms with Crippen molar-refractivity contribution < 1.29 is 14.3 Å². The smallest absolute Gasteiger partial charge is 0.245 e. The minimum Gasteiger partial charge on any atom is -0.377 e. The lowest BCUT2D eigenvalue weighted by atomic mass is 10.1. The number of carbonyl (C=O) groups is 2. The second kappa shape index (κ2) is 8.12. The first kappa shape index (κ1) is 15.9. The molecule has 1 aliphatic heterocycles. The van der Waals surface area contributed by atoms with Crippen LogP contribution in [0.4, 0.5) is 0 Å². The molecule has 110 valence electrons. The molecule has 2 atom stereocenters. The number of hydrogen-bond donors (Lipinski definition) is 2. The zero-order valence-corrected chi connectivity index (χ0v) is 11.9. The largest absolute Gasteiger partial charge is 0.377 e. The van der Waals surface area contributed by atoms with Crippen molar-refractivity contribution in [2.24, 2.45) is 5.73 Å². The summed E-state index contributed by atoms with van der Waals surface area (Å²) < 4.78 is 5.31. The lowest BCUT2D eigenvalue weighted by molar-refractivity contribution is -0.149. The van der Waals surface area contributed by atoms with Gasteiger partial charge in [0.15, 0.2) is 0 Å². The first-order chi connectivity index (χ1) is 9.11. The summed E-state index contributed by atoms with van der Waals surface area (Å²) in [6.45, 7) is 5.72. The lowest BCUT2D eigenvalue weighted by Gasteiger charge is -2.36. The van der Waals surface area contributed by atoms with Gasteiger partial charge in [-0.1, -0.05) is 20.3 Å². The normalized spacial score (nSPS) is 21.0. The van der Waals surface area contributed by atoms with Gasteiger partial charge in [0.2, 0.25) is 11.8 Å². The Morgan fingerprint density at radius 2 is 2.16 bits per heavy atom. The Balaban J connectivity index is 2.66. The van der Waals surface area contributed by atoms with E-state index in [0.717, 1.165) is 12.8 Å². The van der Waals surface area contributed by atoms with E-state index < -0.39 is 12.1 Å². The maximum absolute atomic E-state index is 12.2. The van der Waals surface area contributed by atoms with Crippen LogP contribution in [0.5, 0.6) is 0 Å². The summed E-state index contributed by atoms with van der Waals surface area (Å²) in [4.78, 5) is 25.8. The van der Waals surface area contributed by atoms with E-state index in [0.29, 0.717) is 26.1 Å². The first-order valence-corrected chi connectivity index (χ1v) is 7.03. The zero-order chi connectivity index (χ0) is 14.3. The summed E-state index contributed by atoms with van der Waals surface area (Å²) in [6.07, 6.45) is 2.35. The van der Waals surface area contributed by atoms with Crippen molar-refractivity contribution in [3.63, 3.8) is 0 Å². The molecule has 0 aromatic carbocycles. The summed E-state index contributed by atoms with van der Waals surface area (Å²) in [6, 6.07) is -1.07. The summed E-state index contributed by atoms with van der Waals surface area (Å²) in [5, 5.41) is 2.80. The number of nitrogens with two attached hydrogens (primary N) is 1. The molecule has 1 saturated heterocycles. The minimum absolute atomic E-state index is 0.151. The Morgan fingerprint density at radius 1 is 1.42 bits per heavy atom. The molecule has 19 heavy (non-hydrogen) atoms. The van der Waals surface area contributed by atoms with Gasteiger partial charge < -0.3 is 20.7 Å². The Bertz CT molecular complexity index is 310. The Hall–Kier alpha value is -1.14. The first-order valence-electron chi connectivity index (χ1n) is 7.03. The summed E-state index contributed by atoms with van der Waals surface area (Å²) in [5.74, 6) is -0.305. The lowest BCUT2D eigenvalue weighted by Crippen LogP contribution is -2.59. The summed E-state index contributed by atoms with van der Waals surface area (Å²) >= 11 is 0. The van der Waals surface area contributed by atoms with Crippen molar-refractivity contribution in [1.82, 2.24) is 10.2 Å². The number of rotatable bonds is 6. The number of ether oxygens (including phenoxy) is 1. The minimum atomic E-state index is -0.546. The molecule has 6 nitrogen and oxygen atoms in total. The molecule has 2 amide bonds. The van der Waals surface area contributed by atoms with Gasteiger partial charge in [-0.05, 0) is 12.8 Å². The zero-order valence-electron chi connectivity index (χ0n) is 11.9. The number of amides is 2. The standard InChI is InChI=1S/C13H25N3O3/c1-3-5-10(14)13(18)16-7-8-19-9-11(16)12(17)15-6-4-2/h10-11H,3-9,14H2,1-2H3,(H,15,17)/t10-,11?/m1/s1. The van der Waals surface area contributed by atoms with Crippen LogP contribution in [-0.2, 0) is 14.3 Å². The fraction of sp³-hybridized carbons (Fsp3) is 0.846. The molecule has 1 aliphatic rings. The van der Waals surface area contributed by atoms with Crippen molar-refractivity contribution in [3.05, 3.63) is 0 Å². The molecule has 0 aliphatic carbocycles. The van der Waals surface area contributed by atoms with Crippen LogP contribution in [0, 0.1) is 0 Å². The van der Waals surface area contributed by atoms with Crippen LogP contribution < -0.4 is 11.1 Å². The molecule has 0 spiro atoms. The molecule has 0 bridgehead atoms. The summed E-state index contributed by atoms with van der Waals surface area (Å²) in [5.41, 5.74) is 5.86. The van der Waals surface area contributed by atoms with Gasteiger partial charge in [-0.25, -0.2) is 0 Å². The molecule has 0 saturated carbocycles. The van der Waals surface area contributed by atoms with E-state index in [4.69, 9.17) is 10.5 Å². The number of nitrogens with zero attached hydrogens (tertiary/aromatic N) is 1. The highest BCUT2D eigenvalue weighted by atomic mass is 16.5. The highest BCUT2D eigenvalue weighted by Gasteiger charge is 2.34. The number of hydrogen-bond acceptors (Lipinski definition) is 4. The predicted molar refractivity (Wildman–Crippen MR) is 72.5 cm³/mol. The molecule has 1 heterocycles. The van der Waals surface area contributed by atoms with Crippen molar-refractivity contribution in [3.8, 4) is 0 Å². The molecule has 1 unspecified atom stereocenters. The van der Waals surface area contributed by atoms with E-state index in [9.17, 15) is 9.59 Å².